The van der Waals surface area contributed by atoms with Gasteiger partial charge in [0.25, 0.3) is 0 Å². The maximum atomic E-state index is 11.8. The minimum atomic E-state index is -0.456. The van der Waals surface area contributed by atoms with Crippen molar-refractivity contribution in [3.05, 3.63) is 6.92 Å². The number of carbonyl (C=O) groups is 1. The zero-order chi connectivity index (χ0) is 11.5. The van der Waals surface area contributed by atoms with Crippen LogP contribution in [0.5, 0.6) is 0 Å². The standard InChI is InChI=1S/C11H20N2O2/c1-11(2,3)12(4)9-10(14)13-5-7-15-8-6-13/h1H,5-9H2,2-4H3. The molecule has 0 unspecified atom stereocenters. The first-order valence-electron chi connectivity index (χ1n) is 5.27. The lowest BCUT2D eigenvalue weighted by Crippen LogP contribution is -2.49. The van der Waals surface area contributed by atoms with Gasteiger partial charge in [0.05, 0.1) is 19.8 Å². The topological polar surface area (TPSA) is 32.8 Å². The third-order valence-corrected chi connectivity index (χ3v) is 2.72. The van der Waals surface area contributed by atoms with Crippen LogP contribution in [-0.4, -0.2) is 61.1 Å². The summed E-state index contributed by atoms with van der Waals surface area (Å²) < 4.78 is 5.19. The summed E-state index contributed by atoms with van der Waals surface area (Å²) in [5.41, 5.74) is -0.456. The van der Waals surface area contributed by atoms with Crippen molar-refractivity contribution in [2.24, 2.45) is 0 Å². The molecule has 15 heavy (non-hydrogen) atoms. The number of morpholine rings is 1. The van der Waals surface area contributed by atoms with Crippen molar-refractivity contribution in [2.45, 2.75) is 19.4 Å². The lowest BCUT2D eigenvalue weighted by Gasteiger charge is -2.34. The van der Waals surface area contributed by atoms with E-state index in [1.54, 1.807) is 0 Å². The van der Waals surface area contributed by atoms with Crippen LogP contribution >= 0.6 is 0 Å². The molecule has 2 radical (unpaired) electrons. The van der Waals surface area contributed by atoms with Gasteiger partial charge < -0.3 is 9.64 Å². The summed E-state index contributed by atoms with van der Waals surface area (Å²) >= 11 is 0. The molecule has 0 aromatic rings. The van der Waals surface area contributed by atoms with Gasteiger partial charge in [-0.2, -0.15) is 0 Å². The maximum absolute atomic E-state index is 11.8. The van der Waals surface area contributed by atoms with Crippen molar-refractivity contribution in [3.8, 4) is 0 Å². The Labute approximate surface area is 92.2 Å². The minimum absolute atomic E-state index is 0.124. The number of carbonyl (C=O) groups excluding carboxylic acids is 1. The third-order valence-electron chi connectivity index (χ3n) is 2.72. The Kier molecular flexibility index (Phi) is 4.11. The molecule has 0 atom stereocenters. The Hall–Kier alpha value is -0.610. The van der Waals surface area contributed by atoms with Crippen LogP contribution in [0, 0.1) is 6.92 Å². The van der Waals surface area contributed by atoms with Crippen LogP contribution in [0.2, 0.25) is 0 Å². The molecule has 1 saturated heterocycles. The normalized spacial score (nSPS) is 18.3. The molecule has 0 saturated carbocycles. The van der Waals surface area contributed by atoms with Crippen molar-refractivity contribution in [3.63, 3.8) is 0 Å². The van der Waals surface area contributed by atoms with Crippen LogP contribution in [0.15, 0.2) is 0 Å². The second-order valence-corrected chi connectivity index (χ2v) is 4.50. The molecular weight excluding hydrogens is 192 g/mol. The van der Waals surface area contributed by atoms with E-state index in [0.29, 0.717) is 32.8 Å². The fourth-order valence-electron chi connectivity index (χ4n) is 1.32. The Balaban J connectivity index is 2.40. The van der Waals surface area contributed by atoms with E-state index in [4.69, 9.17) is 11.7 Å². The molecule has 0 aromatic carbocycles. The number of rotatable bonds is 3. The van der Waals surface area contributed by atoms with Crippen molar-refractivity contribution in [1.29, 1.82) is 0 Å². The molecule has 4 heteroatoms. The van der Waals surface area contributed by atoms with E-state index >= 15 is 0 Å². The van der Waals surface area contributed by atoms with E-state index in [9.17, 15) is 4.79 Å². The first-order chi connectivity index (χ1) is 6.91. The van der Waals surface area contributed by atoms with Gasteiger partial charge in [0.15, 0.2) is 0 Å². The Morgan fingerprint density at radius 1 is 1.47 bits per heavy atom. The second-order valence-electron chi connectivity index (χ2n) is 4.50. The molecule has 86 valence electrons. The molecule has 0 N–H and O–H groups in total. The molecule has 1 aliphatic heterocycles. The minimum Gasteiger partial charge on any atom is -0.378 e. The summed E-state index contributed by atoms with van der Waals surface area (Å²) in [6.07, 6.45) is 0. The molecule has 1 amide bonds. The van der Waals surface area contributed by atoms with Gasteiger partial charge >= 0.3 is 0 Å². The van der Waals surface area contributed by atoms with E-state index in [1.165, 1.54) is 0 Å². The fourth-order valence-corrected chi connectivity index (χ4v) is 1.32. The van der Waals surface area contributed by atoms with Crippen LogP contribution in [0.1, 0.15) is 13.8 Å². The Morgan fingerprint density at radius 2 is 2.00 bits per heavy atom. The maximum Gasteiger partial charge on any atom is 0.236 e. The van der Waals surface area contributed by atoms with E-state index in [0.717, 1.165) is 0 Å². The summed E-state index contributed by atoms with van der Waals surface area (Å²) in [6, 6.07) is 0. The number of hydrogen-bond acceptors (Lipinski definition) is 3. The number of hydrogen-bond donors (Lipinski definition) is 0. The highest BCUT2D eigenvalue weighted by Crippen LogP contribution is 2.10. The molecule has 1 aliphatic rings. The zero-order valence-corrected chi connectivity index (χ0v) is 9.82. The average Bonchev–Trinajstić information content (AvgIpc) is 2.17. The molecular formula is C11H20N2O2. The average molecular weight is 212 g/mol. The first-order valence-corrected chi connectivity index (χ1v) is 5.27. The first kappa shape index (κ1) is 12.5. The molecule has 1 rings (SSSR count). The monoisotopic (exact) mass is 212 g/mol. The summed E-state index contributed by atoms with van der Waals surface area (Å²) in [5.74, 6) is 0.124. The number of likely N-dealkylation sites (N-methyl/N-ethyl adjacent to an activating group) is 1. The van der Waals surface area contributed by atoms with Crippen LogP contribution in [0.25, 0.3) is 0 Å². The molecule has 1 heterocycles. The lowest BCUT2D eigenvalue weighted by atomic mass is 10.1. The molecule has 0 bridgehead atoms. The zero-order valence-electron chi connectivity index (χ0n) is 9.82. The summed E-state index contributed by atoms with van der Waals surface area (Å²) in [6.45, 7) is 12.7. The predicted molar refractivity (Wildman–Crippen MR) is 58.4 cm³/mol. The summed E-state index contributed by atoms with van der Waals surface area (Å²) in [5, 5.41) is 0. The lowest BCUT2D eigenvalue weighted by molar-refractivity contribution is -0.137. The van der Waals surface area contributed by atoms with Crippen molar-refractivity contribution in [2.75, 3.05) is 39.9 Å². The van der Waals surface area contributed by atoms with E-state index in [-0.39, 0.29) is 5.91 Å². The molecule has 0 aliphatic carbocycles. The van der Waals surface area contributed by atoms with Gasteiger partial charge in [-0.05, 0) is 27.8 Å². The summed E-state index contributed by atoms with van der Waals surface area (Å²) in [4.78, 5) is 15.5. The highest BCUT2D eigenvalue weighted by Gasteiger charge is 2.23. The van der Waals surface area contributed by atoms with Crippen molar-refractivity contribution in [1.82, 2.24) is 9.80 Å². The molecule has 0 spiro atoms. The quantitative estimate of drug-likeness (QED) is 0.673. The predicted octanol–water partition coefficient (Wildman–Crippen LogP) is 0.267. The second kappa shape index (κ2) is 4.94. The highest BCUT2D eigenvalue weighted by molar-refractivity contribution is 5.78. The van der Waals surface area contributed by atoms with Gasteiger partial charge in [0, 0.05) is 18.6 Å². The van der Waals surface area contributed by atoms with Gasteiger partial charge in [-0.25, -0.2) is 0 Å². The van der Waals surface area contributed by atoms with E-state index in [2.05, 4.69) is 0 Å². The Bertz CT molecular complexity index is 217. The van der Waals surface area contributed by atoms with Crippen LogP contribution < -0.4 is 0 Å². The Morgan fingerprint density at radius 3 is 2.47 bits per heavy atom. The van der Waals surface area contributed by atoms with Crippen LogP contribution in [0.3, 0.4) is 0 Å². The van der Waals surface area contributed by atoms with Gasteiger partial charge in [-0.15, -0.1) is 0 Å². The molecule has 0 aromatic heterocycles. The fraction of sp³-hybridized carbons (Fsp3) is 0.818. The van der Waals surface area contributed by atoms with Gasteiger partial charge in [-0.1, -0.05) is 0 Å². The number of ether oxygens (including phenoxy) is 1. The highest BCUT2D eigenvalue weighted by atomic mass is 16.5. The van der Waals surface area contributed by atoms with Crippen molar-refractivity contribution < 1.29 is 9.53 Å². The number of amides is 1. The van der Waals surface area contributed by atoms with Gasteiger partial charge in [-0.3, -0.25) is 9.69 Å². The molecule has 4 nitrogen and oxygen atoms in total. The SMILES string of the molecule is [CH]C(C)(C)N(C)CC(=O)N1CCOCC1. The van der Waals surface area contributed by atoms with E-state index < -0.39 is 5.54 Å². The van der Waals surface area contributed by atoms with E-state index in [1.807, 2.05) is 30.7 Å². The third kappa shape index (κ3) is 3.80. The largest absolute Gasteiger partial charge is 0.378 e. The number of nitrogens with zero attached hydrogens (tertiary/aromatic N) is 2. The van der Waals surface area contributed by atoms with Crippen LogP contribution in [-0.2, 0) is 9.53 Å². The van der Waals surface area contributed by atoms with Gasteiger partial charge in [0.2, 0.25) is 5.91 Å². The van der Waals surface area contributed by atoms with Crippen LogP contribution in [0.4, 0.5) is 0 Å². The smallest absolute Gasteiger partial charge is 0.236 e. The molecule has 1 fully saturated rings. The van der Waals surface area contributed by atoms with Crippen molar-refractivity contribution >= 4 is 5.91 Å². The van der Waals surface area contributed by atoms with Gasteiger partial charge in [0.1, 0.15) is 0 Å². The summed E-state index contributed by atoms with van der Waals surface area (Å²) in [7, 11) is 1.86.